The summed E-state index contributed by atoms with van der Waals surface area (Å²) in [4.78, 5) is 7.72. The molecule has 0 aliphatic carbocycles. The summed E-state index contributed by atoms with van der Waals surface area (Å²) in [5, 5.41) is 12.2. The number of aliphatic hydroxyl groups is 1. The van der Waals surface area contributed by atoms with Gasteiger partial charge in [0, 0.05) is 43.3 Å². The number of benzene rings is 1. The molecule has 0 unspecified atom stereocenters. The van der Waals surface area contributed by atoms with E-state index < -0.39 is 21.6 Å². The number of hydrogen-bond donors (Lipinski definition) is 1. The summed E-state index contributed by atoms with van der Waals surface area (Å²) in [6.45, 7) is 3.42. The van der Waals surface area contributed by atoms with Crippen molar-refractivity contribution >= 4 is 27.1 Å². The molecule has 1 aliphatic heterocycles. The van der Waals surface area contributed by atoms with Gasteiger partial charge in [-0.15, -0.1) is 0 Å². The Morgan fingerprint density at radius 1 is 1.09 bits per heavy atom. The van der Waals surface area contributed by atoms with Crippen LogP contribution in [0.5, 0.6) is 0 Å². The van der Waals surface area contributed by atoms with Gasteiger partial charge in [-0.05, 0) is 36.8 Å². The number of sulfone groups is 1. The maximum Gasteiger partial charge on any atom is 0.421 e. The van der Waals surface area contributed by atoms with Crippen LogP contribution in [0.15, 0.2) is 47.5 Å². The molecule has 0 saturated carbocycles. The zero-order chi connectivity index (χ0) is 23.6. The first-order valence-corrected chi connectivity index (χ1v) is 11.5. The van der Waals surface area contributed by atoms with Crippen molar-refractivity contribution in [1.29, 1.82) is 0 Å². The van der Waals surface area contributed by atoms with E-state index in [-0.39, 0.29) is 22.2 Å². The number of hydrogen-bond acceptors (Lipinski definition) is 6. The largest absolute Gasteiger partial charge is 0.421 e. The van der Waals surface area contributed by atoms with E-state index in [1.165, 1.54) is 24.3 Å². The highest BCUT2D eigenvalue weighted by atomic mass is 35.5. The molecule has 1 atom stereocenters. The first-order valence-electron chi connectivity index (χ1n) is 9.63. The monoisotopic (exact) mass is 487 g/mol. The summed E-state index contributed by atoms with van der Waals surface area (Å²) < 4.78 is 63.4. The number of pyridine rings is 1. The first-order chi connectivity index (χ1) is 14.9. The van der Waals surface area contributed by atoms with E-state index in [9.17, 15) is 26.7 Å². The Morgan fingerprint density at radius 2 is 1.72 bits per heavy atom. The lowest BCUT2D eigenvalue weighted by atomic mass is 9.95. The second-order valence-corrected chi connectivity index (χ2v) is 9.55. The lowest BCUT2D eigenvalue weighted by Gasteiger charge is -2.35. The molecule has 1 fully saturated rings. The standard InChI is InChI=1S/C21H21ClF3N3O3S/c1-20(29,21(23,24)25)16-3-5-17(6-4-16)28-12-10-27(11-13-28)9-2-14-32(30,31)18-7-8-19(22)26-15-18/h3-8,15,29H,9-13H2,1H3/t20-/m0/s1. The van der Waals surface area contributed by atoms with Crippen LogP contribution in [0.1, 0.15) is 12.5 Å². The van der Waals surface area contributed by atoms with Crippen LogP contribution in [0.25, 0.3) is 0 Å². The molecule has 3 rings (SSSR count). The summed E-state index contributed by atoms with van der Waals surface area (Å²) in [7, 11) is -3.78. The minimum Gasteiger partial charge on any atom is -0.376 e. The van der Waals surface area contributed by atoms with Gasteiger partial charge in [0.05, 0.1) is 11.4 Å². The molecule has 0 radical (unpaired) electrons. The minimum absolute atomic E-state index is 0.0211. The van der Waals surface area contributed by atoms with Crippen molar-refractivity contribution in [2.45, 2.75) is 23.6 Å². The van der Waals surface area contributed by atoms with Crippen molar-refractivity contribution in [3.8, 4) is 11.2 Å². The highest BCUT2D eigenvalue weighted by Crippen LogP contribution is 2.38. The van der Waals surface area contributed by atoms with E-state index in [4.69, 9.17) is 11.6 Å². The average molecular weight is 488 g/mol. The van der Waals surface area contributed by atoms with Crippen molar-refractivity contribution in [3.05, 3.63) is 53.3 Å². The van der Waals surface area contributed by atoms with Gasteiger partial charge in [-0.2, -0.15) is 13.2 Å². The number of alkyl halides is 3. The molecule has 2 heterocycles. The molecule has 11 heteroatoms. The Bertz CT molecular complexity index is 1100. The Labute approximate surface area is 189 Å². The number of rotatable bonds is 4. The molecule has 1 aromatic carbocycles. The molecule has 1 aliphatic rings. The molecule has 32 heavy (non-hydrogen) atoms. The van der Waals surface area contributed by atoms with Gasteiger partial charge in [-0.25, -0.2) is 13.4 Å². The van der Waals surface area contributed by atoms with Gasteiger partial charge in [0.1, 0.15) is 5.15 Å². The molecule has 1 aromatic heterocycles. The predicted molar refractivity (Wildman–Crippen MR) is 115 cm³/mol. The van der Waals surface area contributed by atoms with Crippen molar-refractivity contribution < 1.29 is 26.7 Å². The van der Waals surface area contributed by atoms with E-state index >= 15 is 0 Å². The predicted octanol–water partition coefficient (Wildman–Crippen LogP) is 3.06. The Kier molecular flexibility index (Phi) is 7.05. The van der Waals surface area contributed by atoms with Crippen LogP contribution in [-0.4, -0.2) is 62.3 Å². The minimum atomic E-state index is -4.77. The van der Waals surface area contributed by atoms with Gasteiger partial charge in [0.25, 0.3) is 0 Å². The van der Waals surface area contributed by atoms with Crippen molar-refractivity contribution in [1.82, 2.24) is 9.88 Å². The normalized spacial score (nSPS) is 17.4. The summed E-state index contributed by atoms with van der Waals surface area (Å²) in [5.74, 6) is 2.68. The molecule has 0 spiro atoms. The van der Waals surface area contributed by atoms with Gasteiger partial charge in [0.15, 0.2) is 5.60 Å². The quantitative estimate of drug-likeness (QED) is 0.406. The summed E-state index contributed by atoms with van der Waals surface area (Å²) >= 11 is 5.66. The third-order valence-electron chi connectivity index (χ3n) is 5.24. The lowest BCUT2D eigenvalue weighted by molar-refractivity contribution is -0.258. The molecule has 0 amide bonds. The molecular weight excluding hydrogens is 467 g/mol. The van der Waals surface area contributed by atoms with Crippen LogP contribution in [0, 0.1) is 11.2 Å². The molecule has 1 saturated heterocycles. The van der Waals surface area contributed by atoms with Crippen LogP contribution in [0.3, 0.4) is 0 Å². The zero-order valence-electron chi connectivity index (χ0n) is 17.1. The highest BCUT2D eigenvalue weighted by Gasteiger charge is 2.51. The number of aromatic nitrogens is 1. The van der Waals surface area contributed by atoms with E-state index in [0.717, 1.165) is 18.8 Å². The van der Waals surface area contributed by atoms with Crippen LogP contribution in [-0.2, 0) is 15.4 Å². The Hall–Kier alpha value is -2.32. The van der Waals surface area contributed by atoms with Gasteiger partial charge >= 0.3 is 6.18 Å². The lowest BCUT2D eigenvalue weighted by Crippen LogP contribution is -2.46. The number of anilines is 1. The second-order valence-electron chi connectivity index (χ2n) is 7.48. The molecule has 2 aromatic rings. The molecular formula is C21H21ClF3N3O3S. The van der Waals surface area contributed by atoms with Gasteiger partial charge in [0.2, 0.25) is 9.84 Å². The van der Waals surface area contributed by atoms with Crippen LogP contribution in [0.2, 0.25) is 5.15 Å². The topological polar surface area (TPSA) is 73.7 Å². The molecule has 172 valence electrons. The molecule has 0 bridgehead atoms. The number of piperazine rings is 1. The maximum atomic E-state index is 13.0. The van der Waals surface area contributed by atoms with Gasteiger partial charge < -0.3 is 10.0 Å². The Morgan fingerprint density at radius 3 is 2.25 bits per heavy atom. The highest BCUT2D eigenvalue weighted by molar-refractivity contribution is 7.96. The Balaban J connectivity index is 1.56. The summed E-state index contributed by atoms with van der Waals surface area (Å²) in [5.41, 5.74) is -2.39. The van der Waals surface area contributed by atoms with E-state index in [0.29, 0.717) is 26.2 Å². The van der Waals surface area contributed by atoms with E-state index in [2.05, 4.69) is 16.2 Å². The van der Waals surface area contributed by atoms with Crippen LogP contribution < -0.4 is 4.90 Å². The fourth-order valence-electron chi connectivity index (χ4n) is 3.14. The van der Waals surface area contributed by atoms with E-state index in [1.807, 2.05) is 9.80 Å². The second kappa shape index (κ2) is 9.27. The third-order valence-corrected chi connectivity index (χ3v) is 6.74. The fraction of sp³-hybridized carbons (Fsp3) is 0.381. The molecule has 1 N–H and O–H groups in total. The van der Waals surface area contributed by atoms with E-state index in [1.54, 1.807) is 12.1 Å². The van der Waals surface area contributed by atoms with Gasteiger partial charge in [-0.1, -0.05) is 29.7 Å². The fourth-order valence-corrected chi connectivity index (χ4v) is 4.07. The smallest absolute Gasteiger partial charge is 0.376 e. The zero-order valence-corrected chi connectivity index (χ0v) is 18.7. The van der Waals surface area contributed by atoms with Crippen molar-refractivity contribution in [2.75, 3.05) is 37.6 Å². The van der Waals surface area contributed by atoms with Gasteiger partial charge in [-0.3, -0.25) is 4.90 Å². The van der Waals surface area contributed by atoms with Crippen molar-refractivity contribution in [3.63, 3.8) is 0 Å². The summed E-state index contributed by atoms with van der Waals surface area (Å²) in [6, 6.07) is 8.38. The third kappa shape index (κ3) is 5.53. The number of nitrogens with zero attached hydrogens (tertiary/aromatic N) is 3. The average Bonchev–Trinajstić information content (AvgIpc) is 2.74. The first kappa shape index (κ1) is 24.3. The number of halogens is 4. The van der Waals surface area contributed by atoms with Crippen molar-refractivity contribution in [2.24, 2.45) is 0 Å². The summed E-state index contributed by atoms with van der Waals surface area (Å²) in [6.07, 6.45) is -3.61. The molecule has 6 nitrogen and oxygen atoms in total. The van der Waals surface area contributed by atoms with Crippen LogP contribution in [0.4, 0.5) is 18.9 Å². The SMILES string of the molecule is C[C@](O)(c1ccc(N2CCN(CC#CS(=O)(=O)c3ccc(Cl)nc3)CC2)cc1)C(F)(F)F. The maximum absolute atomic E-state index is 13.0. The van der Waals surface area contributed by atoms with Crippen LogP contribution >= 0.6 is 11.6 Å².